The van der Waals surface area contributed by atoms with E-state index in [1.807, 2.05) is 0 Å². The first kappa shape index (κ1) is 13.6. The average Bonchev–Trinajstić information content (AvgIpc) is 2.28. The number of phenolic OH excluding ortho intramolecular Hbond substituents is 1. The van der Waals surface area contributed by atoms with Crippen molar-refractivity contribution in [3.8, 4) is 5.75 Å². The first-order chi connectivity index (χ1) is 8.04. The fourth-order valence-corrected chi connectivity index (χ4v) is 1.82. The Kier molecular flexibility index (Phi) is 5.09. The van der Waals surface area contributed by atoms with Crippen LogP contribution in [0.2, 0.25) is 0 Å². The van der Waals surface area contributed by atoms with Crippen LogP contribution in [-0.2, 0) is 10.8 Å². The third-order valence-corrected chi connectivity index (χ3v) is 3.44. The summed E-state index contributed by atoms with van der Waals surface area (Å²) in [5.74, 6) is -0.702. The van der Waals surface area contributed by atoms with Gasteiger partial charge in [0.15, 0.2) is 0 Å². The summed E-state index contributed by atoms with van der Waals surface area (Å²) < 4.78 is 24.4. The van der Waals surface area contributed by atoms with E-state index >= 15 is 0 Å². The maximum atomic E-state index is 13.3. The molecule has 1 rings (SSSR count). The van der Waals surface area contributed by atoms with E-state index in [2.05, 4.69) is 5.32 Å². The van der Waals surface area contributed by atoms with Gasteiger partial charge in [-0.1, -0.05) is 6.92 Å². The first-order valence-electron chi connectivity index (χ1n) is 5.16. The lowest BCUT2D eigenvalue weighted by Gasteiger charge is -2.05. The molecule has 1 amide bonds. The molecule has 1 aromatic carbocycles. The van der Waals surface area contributed by atoms with Gasteiger partial charge in [-0.25, -0.2) is 4.39 Å². The van der Waals surface area contributed by atoms with Crippen molar-refractivity contribution in [3.63, 3.8) is 0 Å². The largest absolute Gasteiger partial charge is 0.508 e. The number of hydrogen-bond acceptors (Lipinski definition) is 3. The molecular weight excluding hydrogens is 245 g/mol. The monoisotopic (exact) mass is 259 g/mol. The van der Waals surface area contributed by atoms with Crippen LogP contribution in [0.3, 0.4) is 0 Å². The number of hydrogen-bond donors (Lipinski definition) is 2. The highest BCUT2D eigenvalue weighted by molar-refractivity contribution is 7.84. The molecule has 0 fully saturated rings. The zero-order valence-corrected chi connectivity index (χ0v) is 10.2. The average molecular weight is 259 g/mol. The minimum Gasteiger partial charge on any atom is -0.508 e. The molecule has 1 aromatic rings. The minimum atomic E-state index is -0.957. The van der Waals surface area contributed by atoms with E-state index in [1.54, 1.807) is 6.92 Å². The van der Waals surface area contributed by atoms with E-state index < -0.39 is 22.5 Å². The van der Waals surface area contributed by atoms with Crippen LogP contribution in [0.15, 0.2) is 18.2 Å². The molecule has 6 heteroatoms. The van der Waals surface area contributed by atoms with Crippen molar-refractivity contribution in [2.45, 2.75) is 6.92 Å². The molecule has 94 valence electrons. The Hall–Kier alpha value is -1.43. The van der Waals surface area contributed by atoms with Crippen molar-refractivity contribution in [1.29, 1.82) is 0 Å². The Morgan fingerprint density at radius 2 is 2.24 bits per heavy atom. The van der Waals surface area contributed by atoms with Gasteiger partial charge in [0.05, 0.1) is 5.56 Å². The van der Waals surface area contributed by atoms with Crippen LogP contribution >= 0.6 is 0 Å². The fourth-order valence-electron chi connectivity index (χ4n) is 1.21. The Balaban J connectivity index is 2.55. The molecule has 0 aliphatic rings. The molecule has 0 saturated carbocycles. The summed E-state index contributed by atoms with van der Waals surface area (Å²) in [5.41, 5.74) is -0.134. The molecule has 0 bridgehead atoms. The Labute approximate surface area is 101 Å². The molecule has 0 spiro atoms. The highest BCUT2D eigenvalue weighted by Crippen LogP contribution is 2.14. The molecule has 1 atom stereocenters. The minimum absolute atomic E-state index is 0.134. The lowest BCUT2D eigenvalue weighted by Crippen LogP contribution is -2.28. The van der Waals surface area contributed by atoms with Crippen LogP contribution in [0.5, 0.6) is 5.75 Å². The van der Waals surface area contributed by atoms with Crippen molar-refractivity contribution in [1.82, 2.24) is 5.32 Å². The van der Waals surface area contributed by atoms with Gasteiger partial charge in [-0.3, -0.25) is 9.00 Å². The van der Waals surface area contributed by atoms with Crippen LogP contribution in [0.1, 0.15) is 17.3 Å². The second-order valence-corrected chi connectivity index (χ2v) is 5.22. The van der Waals surface area contributed by atoms with Gasteiger partial charge < -0.3 is 10.4 Å². The molecule has 2 N–H and O–H groups in total. The van der Waals surface area contributed by atoms with Gasteiger partial charge >= 0.3 is 0 Å². The zero-order chi connectivity index (χ0) is 12.8. The SMILES string of the molecule is CCS(=O)CCNC(=O)c1ccc(O)cc1F. The van der Waals surface area contributed by atoms with Crippen molar-refractivity contribution < 1.29 is 18.5 Å². The van der Waals surface area contributed by atoms with E-state index in [4.69, 9.17) is 5.11 Å². The van der Waals surface area contributed by atoms with Crippen molar-refractivity contribution in [2.24, 2.45) is 0 Å². The van der Waals surface area contributed by atoms with Gasteiger partial charge in [0.2, 0.25) is 0 Å². The first-order valence-corrected chi connectivity index (χ1v) is 6.65. The van der Waals surface area contributed by atoms with E-state index in [1.165, 1.54) is 12.1 Å². The molecule has 17 heavy (non-hydrogen) atoms. The molecule has 0 saturated heterocycles. The maximum absolute atomic E-state index is 13.3. The molecule has 1 unspecified atom stereocenters. The number of phenols is 1. The Morgan fingerprint density at radius 3 is 2.82 bits per heavy atom. The molecule has 0 aliphatic carbocycles. The predicted molar refractivity (Wildman–Crippen MR) is 63.9 cm³/mol. The fraction of sp³-hybridized carbons (Fsp3) is 0.364. The van der Waals surface area contributed by atoms with Gasteiger partial charge in [-0.2, -0.15) is 0 Å². The summed E-state index contributed by atoms with van der Waals surface area (Å²) in [6, 6.07) is 3.32. The number of aromatic hydroxyl groups is 1. The van der Waals surface area contributed by atoms with E-state index in [9.17, 15) is 13.4 Å². The quantitative estimate of drug-likeness (QED) is 0.830. The summed E-state index contributed by atoms with van der Waals surface area (Å²) in [7, 11) is -0.957. The number of rotatable bonds is 5. The Bertz CT molecular complexity index is 437. The van der Waals surface area contributed by atoms with Crippen molar-refractivity contribution in [3.05, 3.63) is 29.6 Å². The molecule has 0 radical (unpaired) electrons. The van der Waals surface area contributed by atoms with Gasteiger partial charge in [-0.15, -0.1) is 0 Å². The normalized spacial score (nSPS) is 12.1. The van der Waals surface area contributed by atoms with Gasteiger partial charge in [0.1, 0.15) is 11.6 Å². The van der Waals surface area contributed by atoms with Crippen LogP contribution < -0.4 is 5.32 Å². The van der Waals surface area contributed by atoms with Crippen molar-refractivity contribution in [2.75, 3.05) is 18.1 Å². The standard InChI is InChI=1S/C11H14FNO3S/c1-2-17(16)6-5-13-11(15)9-4-3-8(14)7-10(9)12/h3-4,7,14H,2,5-6H2,1H3,(H,13,15). The molecule has 0 aliphatic heterocycles. The molecule has 0 heterocycles. The van der Waals surface area contributed by atoms with E-state index in [-0.39, 0.29) is 17.9 Å². The van der Waals surface area contributed by atoms with Crippen LogP contribution in [0.4, 0.5) is 4.39 Å². The van der Waals surface area contributed by atoms with E-state index in [0.29, 0.717) is 11.5 Å². The number of amides is 1. The summed E-state index contributed by atoms with van der Waals surface area (Å²) in [5, 5.41) is 11.5. The number of nitrogens with one attached hydrogen (secondary N) is 1. The topological polar surface area (TPSA) is 66.4 Å². The lowest BCUT2D eigenvalue weighted by atomic mass is 10.2. The molecular formula is C11H14FNO3S. The highest BCUT2D eigenvalue weighted by Gasteiger charge is 2.11. The number of carbonyl (C=O) groups excluding carboxylic acids is 1. The van der Waals surface area contributed by atoms with Gasteiger partial charge in [0.25, 0.3) is 5.91 Å². The van der Waals surface area contributed by atoms with E-state index in [0.717, 1.165) is 6.07 Å². The predicted octanol–water partition coefficient (Wildman–Crippen LogP) is 1.03. The third kappa shape index (κ3) is 4.14. The maximum Gasteiger partial charge on any atom is 0.254 e. The molecule has 4 nitrogen and oxygen atoms in total. The Morgan fingerprint density at radius 1 is 1.53 bits per heavy atom. The van der Waals surface area contributed by atoms with Gasteiger partial charge in [-0.05, 0) is 12.1 Å². The molecule has 0 aromatic heterocycles. The van der Waals surface area contributed by atoms with Crippen molar-refractivity contribution >= 4 is 16.7 Å². The summed E-state index contributed by atoms with van der Waals surface area (Å²) in [6.07, 6.45) is 0. The lowest BCUT2D eigenvalue weighted by molar-refractivity contribution is 0.0952. The number of carbonyl (C=O) groups is 1. The van der Waals surface area contributed by atoms with Crippen LogP contribution in [-0.4, -0.2) is 33.3 Å². The van der Waals surface area contributed by atoms with Gasteiger partial charge in [0, 0.05) is 34.9 Å². The summed E-state index contributed by atoms with van der Waals surface area (Å²) in [6.45, 7) is 2.02. The highest BCUT2D eigenvalue weighted by atomic mass is 32.2. The second kappa shape index (κ2) is 6.34. The van der Waals surface area contributed by atoms with Crippen LogP contribution in [0, 0.1) is 5.82 Å². The zero-order valence-electron chi connectivity index (χ0n) is 9.40. The van der Waals surface area contributed by atoms with Crippen LogP contribution in [0.25, 0.3) is 0 Å². The number of halogens is 1. The number of benzene rings is 1. The summed E-state index contributed by atoms with van der Waals surface area (Å²) in [4.78, 5) is 11.5. The summed E-state index contributed by atoms with van der Waals surface area (Å²) >= 11 is 0. The smallest absolute Gasteiger partial charge is 0.254 e. The third-order valence-electron chi connectivity index (χ3n) is 2.13. The second-order valence-electron chi connectivity index (χ2n) is 3.35.